The molecule has 0 radical (unpaired) electrons. The van der Waals surface area contributed by atoms with Crippen LogP contribution in [-0.2, 0) is 6.42 Å². The number of nitrogens with one attached hydrogen (secondary N) is 1. The average Bonchev–Trinajstić information content (AvgIpc) is 2.88. The molecule has 2 aromatic heterocycles. The molecular formula is C10H12N4OS2. The molecule has 0 aromatic carbocycles. The minimum atomic E-state index is -0.154. The summed E-state index contributed by atoms with van der Waals surface area (Å²) in [6.07, 6.45) is 2.36. The third-order valence-electron chi connectivity index (χ3n) is 2.06. The fourth-order valence-corrected chi connectivity index (χ4v) is 2.83. The van der Waals surface area contributed by atoms with E-state index in [1.165, 1.54) is 22.7 Å². The second-order valence-corrected chi connectivity index (χ2v) is 5.33. The van der Waals surface area contributed by atoms with Crippen LogP contribution in [0.2, 0.25) is 0 Å². The molecule has 2 aromatic rings. The van der Waals surface area contributed by atoms with Crippen molar-refractivity contribution in [3.8, 4) is 0 Å². The van der Waals surface area contributed by atoms with Gasteiger partial charge < -0.3 is 5.73 Å². The van der Waals surface area contributed by atoms with Crippen LogP contribution in [0.1, 0.15) is 20.4 Å². The Morgan fingerprint density at radius 1 is 1.59 bits per heavy atom. The minimum Gasteiger partial charge on any atom is -0.330 e. The molecule has 0 atom stereocenters. The van der Waals surface area contributed by atoms with Gasteiger partial charge in [-0.3, -0.25) is 10.1 Å². The van der Waals surface area contributed by atoms with Crippen molar-refractivity contribution in [3.63, 3.8) is 0 Å². The lowest BCUT2D eigenvalue weighted by molar-refractivity contribution is 0.103. The van der Waals surface area contributed by atoms with Crippen LogP contribution in [0.25, 0.3) is 0 Å². The fraction of sp³-hybridized carbons (Fsp3) is 0.300. The lowest BCUT2D eigenvalue weighted by atomic mass is 10.4. The van der Waals surface area contributed by atoms with Gasteiger partial charge in [0.05, 0.1) is 10.7 Å². The van der Waals surface area contributed by atoms with E-state index in [4.69, 9.17) is 5.73 Å². The Labute approximate surface area is 107 Å². The normalized spacial score (nSPS) is 10.5. The van der Waals surface area contributed by atoms with E-state index in [9.17, 15) is 4.79 Å². The highest BCUT2D eigenvalue weighted by molar-refractivity contribution is 7.15. The van der Waals surface area contributed by atoms with Crippen molar-refractivity contribution in [3.05, 3.63) is 27.2 Å². The molecule has 0 fully saturated rings. The first-order valence-electron chi connectivity index (χ1n) is 5.08. The first kappa shape index (κ1) is 12.2. The van der Waals surface area contributed by atoms with Crippen LogP contribution < -0.4 is 11.1 Å². The molecule has 2 heterocycles. The Bertz CT molecular complexity index is 506. The standard InChI is InChI=1S/C10H12N4OS2/c1-6-8(17-7(13-6)2-3-11)9(15)14-10-12-4-5-16-10/h4-5H,2-3,11H2,1H3,(H,12,14,15). The molecule has 0 saturated carbocycles. The van der Waals surface area contributed by atoms with Crippen LogP contribution in [0, 0.1) is 6.92 Å². The van der Waals surface area contributed by atoms with Gasteiger partial charge in [0.1, 0.15) is 4.88 Å². The Hall–Kier alpha value is -1.31. The van der Waals surface area contributed by atoms with Gasteiger partial charge in [-0.2, -0.15) is 0 Å². The van der Waals surface area contributed by atoms with Gasteiger partial charge in [0.2, 0.25) is 0 Å². The first-order chi connectivity index (χ1) is 8.20. The quantitative estimate of drug-likeness (QED) is 0.883. The van der Waals surface area contributed by atoms with Gasteiger partial charge in [-0.1, -0.05) is 0 Å². The molecule has 0 spiro atoms. The molecule has 0 bridgehead atoms. The number of carbonyl (C=O) groups is 1. The molecule has 7 heteroatoms. The number of nitrogens with zero attached hydrogens (tertiary/aromatic N) is 2. The summed E-state index contributed by atoms with van der Waals surface area (Å²) in [5, 5.41) is 6.05. The van der Waals surface area contributed by atoms with E-state index >= 15 is 0 Å². The summed E-state index contributed by atoms with van der Waals surface area (Å²) in [7, 11) is 0. The summed E-state index contributed by atoms with van der Waals surface area (Å²) >= 11 is 2.78. The maximum Gasteiger partial charge on any atom is 0.269 e. The number of nitrogens with two attached hydrogens (primary N) is 1. The Morgan fingerprint density at radius 3 is 3.06 bits per heavy atom. The number of anilines is 1. The summed E-state index contributed by atoms with van der Waals surface area (Å²) in [4.78, 5) is 20.9. The monoisotopic (exact) mass is 268 g/mol. The van der Waals surface area contributed by atoms with Crippen LogP contribution in [0.4, 0.5) is 5.13 Å². The van der Waals surface area contributed by atoms with Gasteiger partial charge in [-0.25, -0.2) is 9.97 Å². The number of hydrogen-bond acceptors (Lipinski definition) is 6. The Morgan fingerprint density at radius 2 is 2.41 bits per heavy atom. The molecule has 3 N–H and O–H groups in total. The van der Waals surface area contributed by atoms with Crippen molar-refractivity contribution in [2.45, 2.75) is 13.3 Å². The van der Waals surface area contributed by atoms with Gasteiger partial charge in [-0.15, -0.1) is 22.7 Å². The maximum atomic E-state index is 11.9. The van der Waals surface area contributed by atoms with Crippen LogP contribution >= 0.6 is 22.7 Å². The van der Waals surface area contributed by atoms with Crippen LogP contribution in [0.5, 0.6) is 0 Å². The zero-order valence-electron chi connectivity index (χ0n) is 9.27. The Balaban J connectivity index is 2.13. The van der Waals surface area contributed by atoms with E-state index in [0.717, 1.165) is 10.7 Å². The SMILES string of the molecule is Cc1nc(CCN)sc1C(=O)Nc1nccs1. The predicted molar refractivity (Wildman–Crippen MR) is 69.7 cm³/mol. The summed E-state index contributed by atoms with van der Waals surface area (Å²) < 4.78 is 0. The van der Waals surface area contributed by atoms with E-state index in [1.54, 1.807) is 6.20 Å². The summed E-state index contributed by atoms with van der Waals surface area (Å²) in [6.45, 7) is 2.37. The smallest absolute Gasteiger partial charge is 0.269 e. The zero-order valence-corrected chi connectivity index (χ0v) is 10.9. The summed E-state index contributed by atoms with van der Waals surface area (Å²) in [6, 6.07) is 0. The van der Waals surface area contributed by atoms with Gasteiger partial charge in [0, 0.05) is 18.0 Å². The predicted octanol–water partition coefficient (Wildman–Crippen LogP) is 1.66. The fourth-order valence-electron chi connectivity index (χ4n) is 1.33. The first-order valence-corrected chi connectivity index (χ1v) is 6.77. The second-order valence-electron chi connectivity index (χ2n) is 3.35. The van der Waals surface area contributed by atoms with Crippen molar-refractivity contribution >= 4 is 33.7 Å². The summed E-state index contributed by atoms with van der Waals surface area (Å²) in [5.41, 5.74) is 6.21. The molecule has 2 rings (SSSR count). The lowest BCUT2D eigenvalue weighted by Crippen LogP contribution is -2.11. The van der Waals surface area contributed by atoms with E-state index in [2.05, 4.69) is 15.3 Å². The third-order valence-corrected chi connectivity index (χ3v) is 3.96. The molecule has 90 valence electrons. The highest BCUT2D eigenvalue weighted by atomic mass is 32.1. The minimum absolute atomic E-state index is 0.154. The lowest BCUT2D eigenvalue weighted by Gasteiger charge is -1.98. The molecule has 0 unspecified atom stereocenters. The van der Waals surface area contributed by atoms with E-state index in [-0.39, 0.29) is 5.91 Å². The highest BCUT2D eigenvalue weighted by Gasteiger charge is 2.15. The van der Waals surface area contributed by atoms with E-state index in [0.29, 0.717) is 23.0 Å². The highest BCUT2D eigenvalue weighted by Crippen LogP contribution is 2.20. The van der Waals surface area contributed by atoms with Crippen molar-refractivity contribution in [2.24, 2.45) is 5.73 Å². The van der Waals surface area contributed by atoms with Gasteiger partial charge in [-0.05, 0) is 13.5 Å². The molecule has 17 heavy (non-hydrogen) atoms. The van der Waals surface area contributed by atoms with Crippen molar-refractivity contribution in [2.75, 3.05) is 11.9 Å². The van der Waals surface area contributed by atoms with Crippen LogP contribution in [0.3, 0.4) is 0 Å². The number of aromatic nitrogens is 2. The molecular weight excluding hydrogens is 256 g/mol. The molecule has 5 nitrogen and oxygen atoms in total. The van der Waals surface area contributed by atoms with E-state index < -0.39 is 0 Å². The van der Waals surface area contributed by atoms with Crippen LogP contribution in [0.15, 0.2) is 11.6 Å². The van der Waals surface area contributed by atoms with Gasteiger partial charge >= 0.3 is 0 Å². The topological polar surface area (TPSA) is 80.9 Å². The van der Waals surface area contributed by atoms with Gasteiger partial charge in [0.25, 0.3) is 5.91 Å². The number of carbonyl (C=O) groups excluding carboxylic acids is 1. The second kappa shape index (κ2) is 5.35. The average molecular weight is 268 g/mol. The number of rotatable bonds is 4. The molecule has 1 amide bonds. The Kier molecular flexibility index (Phi) is 3.82. The third kappa shape index (κ3) is 2.87. The number of amides is 1. The molecule has 0 aliphatic heterocycles. The van der Waals surface area contributed by atoms with Gasteiger partial charge in [0.15, 0.2) is 5.13 Å². The molecule has 0 saturated heterocycles. The van der Waals surface area contributed by atoms with Crippen molar-refractivity contribution in [1.29, 1.82) is 0 Å². The van der Waals surface area contributed by atoms with Crippen LogP contribution in [-0.4, -0.2) is 22.4 Å². The molecule has 0 aliphatic rings. The van der Waals surface area contributed by atoms with Crippen molar-refractivity contribution < 1.29 is 4.79 Å². The molecule has 0 aliphatic carbocycles. The van der Waals surface area contributed by atoms with E-state index in [1.807, 2.05) is 12.3 Å². The largest absolute Gasteiger partial charge is 0.330 e. The number of hydrogen-bond donors (Lipinski definition) is 2. The number of thiazole rings is 2. The zero-order chi connectivity index (χ0) is 12.3. The van der Waals surface area contributed by atoms with Crippen molar-refractivity contribution in [1.82, 2.24) is 9.97 Å². The summed E-state index contributed by atoms with van der Waals surface area (Å²) in [5.74, 6) is -0.154. The maximum absolute atomic E-state index is 11.9. The number of aryl methyl sites for hydroxylation is 1.